The van der Waals surface area contributed by atoms with Gasteiger partial charge in [-0.1, -0.05) is 30.7 Å². The van der Waals surface area contributed by atoms with Crippen LogP contribution in [0.15, 0.2) is 48.5 Å². The van der Waals surface area contributed by atoms with E-state index in [4.69, 9.17) is 4.74 Å². The maximum Gasteiger partial charge on any atom is 0.241 e. The number of piperidine rings is 1. The molecule has 8 heteroatoms. The van der Waals surface area contributed by atoms with Crippen molar-refractivity contribution in [2.75, 3.05) is 37.3 Å². The van der Waals surface area contributed by atoms with E-state index in [2.05, 4.69) is 22.3 Å². The summed E-state index contributed by atoms with van der Waals surface area (Å²) < 4.78 is 30.6. The highest BCUT2D eigenvalue weighted by Crippen LogP contribution is 2.21. The van der Waals surface area contributed by atoms with Gasteiger partial charge in [0, 0.05) is 13.1 Å². The van der Waals surface area contributed by atoms with Gasteiger partial charge in [-0.3, -0.25) is 14.0 Å². The van der Waals surface area contributed by atoms with E-state index in [0.717, 1.165) is 35.8 Å². The van der Waals surface area contributed by atoms with Gasteiger partial charge in [-0.05, 0) is 61.3 Å². The molecule has 2 aromatic carbocycles. The Bertz CT molecular complexity index is 953. The number of nitrogens with zero attached hydrogens (tertiary/aromatic N) is 2. The number of benzene rings is 2. The second kappa shape index (κ2) is 10.6. The lowest BCUT2D eigenvalue weighted by molar-refractivity contribution is -0.119. The van der Waals surface area contributed by atoms with Crippen molar-refractivity contribution in [3.05, 3.63) is 59.7 Å². The maximum absolute atomic E-state index is 12.5. The van der Waals surface area contributed by atoms with E-state index < -0.39 is 10.0 Å². The lowest BCUT2D eigenvalue weighted by Crippen LogP contribution is -2.40. The molecule has 0 atom stereocenters. The summed E-state index contributed by atoms with van der Waals surface area (Å²) in [7, 11) is -2.07. The number of rotatable bonds is 9. The van der Waals surface area contributed by atoms with E-state index in [1.165, 1.54) is 31.9 Å². The summed E-state index contributed by atoms with van der Waals surface area (Å²) in [6.45, 7) is 3.34. The predicted molar refractivity (Wildman–Crippen MR) is 123 cm³/mol. The fraction of sp³-hybridized carbons (Fsp3) is 0.435. The van der Waals surface area contributed by atoms with Gasteiger partial charge in [0.25, 0.3) is 0 Å². The number of likely N-dealkylation sites (tertiary alicyclic amines) is 1. The summed E-state index contributed by atoms with van der Waals surface area (Å²) in [5, 5.41) is 2.81. The average molecular weight is 446 g/mol. The van der Waals surface area contributed by atoms with Gasteiger partial charge < -0.3 is 10.1 Å². The number of anilines is 1. The first kappa shape index (κ1) is 23.1. The first-order valence-electron chi connectivity index (χ1n) is 10.5. The molecular weight excluding hydrogens is 414 g/mol. The largest absolute Gasteiger partial charge is 0.497 e. The molecule has 7 nitrogen and oxygen atoms in total. The fourth-order valence-electron chi connectivity index (χ4n) is 3.67. The van der Waals surface area contributed by atoms with E-state index in [9.17, 15) is 13.2 Å². The molecule has 1 saturated heterocycles. The third kappa shape index (κ3) is 6.97. The Labute approximate surface area is 185 Å². The summed E-state index contributed by atoms with van der Waals surface area (Å²) in [5.41, 5.74) is 2.66. The minimum absolute atomic E-state index is 0.280. The Morgan fingerprint density at radius 3 is 2.19 bits per heavy atom. The smallest absolute Gasteiger partial charge is 0.241 e. The molecule has 0 saturated carbocycles. The standard InChI is InChI=1S/C23H31N3O4S/c1-30-22-12-10-21(11-13-22)26(31(2,28)29)18-23(27)24-16-19-6-8-20(9-7-19)17-25-14-4-3-5-15-25/h6-13H,3-5,14-18H2,1-2H3,(H,24,27). The topological polar surface area (TPSA) is 79.0 Å². The summed E-state index contributed by atoms with van der Waals surface area (Å²) in [4.78, 5) is 14.9. The average Bonchev–Trinajstić information content (AvgIpc) is 2.77. The van der Waals surface area contributed by atoms with Crippen molar-refractivity contribution in [3.63, 3.8) is 0 Å². The first-order valence-corrected chi connectivity index (χ1v) is 12.4. The van der Waals surface area contributed by atoms with Crippen molar-refractivity contribution < 1.29 is 17.9 Å². The number of sulfonamides is 1. The van der Waals surface area contributed by atoms with Crippen LogP contribution in [0.3, 0.4) is 0 Å². The second-order valence-electron chi connectivity index (χ2n) is 7.90. The molecule has 1 heterocycles. The molecule has 1 N–H and O–H groups in total. The molecule has 3 rings (SSSR count). The highest BCUT2D eigenvalue weighted by molar-refractivity contribution is 7.92. The SMILES string of the molecule is COc1ccc(N(CC(=O)NCc2ccc(CN3CCCCC3)cc2)S(C)(=O)=O)cc1. The zero-order chi connectivity index (χ0) is 22.3. The van der Waals surface area contributed by atoms with E-state index in [1.54, 1.807) is 24.3 Å². The summed E-state index contributed by atoms with van der Waals surface area (Å²) >= 11 is 0. The number of carbonyl (C=O) groups excluding carboxylic acids is 1. The van der Waals surface area contributed by atoms with E-state index in [0.29, 0.717) is 18.0 Å². The molecule has 31 heavy (non-hydrogen) atoms. The van der Waals surface area contributed by atoms with Crippen LogP contribution < -0.4 is 14.4 Å². The zero-order valence-electron chi connectivity index (χ0n) is 18.2. The van der Waals surface area contributed by atoms with Crippen molar-refractivity contribution in [2.24, 2.45) is 0 Å². The Kier molecular flexibility index (Phi) is 7.92. The highest BCUT2D eigenvalue weighted by Gasteiger charge is 2.20. The van der Waals surface area contributed by atoms with Crippen LogP contribution in [-0.4, -0.2) is 52.2 Å². The van der Waals surface area contributed by atoms with Gasteiger partial charge in [0.1, 0.15) is 12.3 Å². The quantitative estimate of drug-likeness (QED) is 0.642. The van der Waals surface area contributed by atoms with Gasteiger partial charge in [-0.2, -0.15) is 0 Å². The van der Waals surface area contributed by atoms with Gasteiger partial charge >= 0.3 is 0 Å². The second-order valence-corrected chi connectivity index (χ2v) is 9.80. The van der Waals surface area contributed by atoms with Crippen molar-refractivity contribution >= 4 is 21.6 Å². The third-order valence-electron chi connectivity index (χ3n) is 5.42. The van der Waals surface area contributed by atoms with Gasteiger partial charge in [0.15, 0.2) is 0 Å². The van der Waals surface area contributed by atoms with E-state index >= 15 is 0 Å². The van der Waals surface area contributed by atoms with Gasteiger partial charge in [0.05, 0.1) is 19.1 Å². The number of ether oxygens (including phenoxy) is 1. The van der Waals surface area contributed by atoms with Gasteiger partial charge in [-0.25, -0.2) is 8.42 Å². The van der Waals surface area contributed by atoms with Crippen LogP contribution in [0.2, 0.25) is 0 Å². The van der Waals surface area contributed by atoms with Crippen molar-refractivity contribution in [1.82, 2.24) is 10.2 Å². The van der Waals surface area contributed by atoms with Crippen molar-refractivity contribution in [2.45, 2.75) is 32.4 Å². The number of hydrogen-bond donors (Lipinski definition) is 1. The lowest BCUT2D eigenvalue weighted by atomic mass is 10.1. The molecule has 168 valence electrons. The summed E-state index contributed by atoms with van der Waals surface area (Å²) in [6, 6.07) is 14.8. The molecule has 2 aromatic rings. The van der Waals surface area contributed by atoms with Crippen LogP contribution in [0.1, 0.15) is 30.4 Å². The van der Waals surface area contributed by atoms with Crippen molar-refractivity contribution in [3.8, 4) is 5.75 Å². The highest BCUT2D eigenvalue weighted by atomic mass is 32.2. The molecule has 1 amide bonds. The predicted octanol–water partition coefficient (Wildman–Crippen LogP) is 2.76. The monoisotopic (exact) mass is 445 g/mol. The number of nitrogens with one attached hydrogen (secondary N) is 1. The van der Waals surface area contributed by atoms with Gasteiger partial charge in [-0.15, -0.1) is 0 Å². The van der Waals surface area contributed by atoms with Crippen LogP contribution in [0.25, 0.3) is 0 Å². The van der Waals surface area contributed by atoms with E-state index in [-0.39, 0.29) is 12.5 Å². The lowest BCUT2D eigenvalue weighted by Gasteiger charge is -2.26. The van der Waals surface area contributed by atoms with Crippen LogP contribution in [0.5, 0.6) is 5.75 Å². The molecule has 0 bridgehead atoms. The number of hydrogen-bond acceptors (Lipinski definition) is 5. The van der Waals surface area contributed by atoms with Crippen molar-refractivity contribution in [1.29, 1.82) is 0 Å². The molecular formula is C23H31N3O4S. The Morgan fingerprint density at radius 1 is 1.00 bits per heavy atom. The normalized spacial score (nSPS) is 14.8. The third-order valence-corrected chi connectivity index (χ3v) is 6.56. The fourth-order valence-corrected chi connectivity index (χ4v) is 4.53. The molecule has 0 radical (unpaired) electrons. The number of amides is 1. The summed E-state index contributed by atoms with van der Waals surface area (Å²) in [6.07, 6.45) is 4.95. The molecule has 0 aromatic heterocycles. The van der Waals surface area contributed by atoms with Gasteiger partial charge in [0.2, 0.25) is 15.9 Å². The minimum Gasteiger partial charge on any atom is -0.497 e. The minimum atomic E-state index is -3.61. The van der Waals surface area contributed by atoms with Crippen LogP contribution >= 0.6 is 0 Å². The Morgan fingerprint density at radius 2 is 1.61 bits per heavy atom. The Hall–Kier alpha value is -2.58. The molecule has 0 spiro atoms. The number of methoxy groups -OCH3 is 1. The first-order chi connectivity index (χ1) is 14.8. The molecule has 1 fully saturated rings. The van der Waals surface area contributed by atoms with Crippen LogP contribution in [-0.2, 0) is 27.9 Å². The zero-order valence-corrected chi connectivity index (χ0v) is 19.0. The summed E-state index contributed by atoms with van der Waals surface area (Å²) in [5.74, 6) is 0.254. The number of carbonyl (C=O) groups is 1. The van der Waals surface area contributed by atoms with Crippen LogP contribution in [0.4, 0.5) is 5.69 Å². The molecule has 1 aliphatic rings. The van der Waals surface area contributed by atoms with Crippen LogP contribution in [0, 0.1) is 0 Å². The molecule has 0 aliphatic carbocycles. The molecule has 0 unspecified atom stereocenters. The molecule has 1 aliphatic heterocycles. The maximum atomic E-state index is 12.5. The Balaban J connectivity index is 1.54. The van der Waals surface area contributed by atoms with E-state index in [1.807, 2.05) is 12.1 Å².